The van der Waals surface area contributed by atoms with Crippen LogP contribution in [0.3, 0.4) is 0 Å². The van der Waals surface area contributed by atoms with E-state index in [9.17, 15) is 9.18 Å². The number of carbonyl (C=O) groups is 1. The molecule has 0 aliphatic heterocycles. The third-order valence-electron chi connectivity index (χ3n) is 2.49. The summed E-state index contributed by atoms with van der Waals surface area (Å²) in [6.07, 6.45) is 0.272. The topological polar surface area (TPSA) is 94.5 Å². The van der Waals surface area contributed by atoms with Gasteiger partial charge in [-0.1, -0.05) is 23.9 Å². The summed E-state index contributed by atoms with van der Waals surface area (Å²) in [5.74, 6) is -0.132. The van der Waals surface area contributed by atoms with Crippen LogP contribution in [0.2, 0.25) is 0 Å². The molecule has 0 spiro atoms. The molecule has 0 aliphatic carbocycles. The Morgan fingerprint density at radius 1 is 1.48 bits per heavy atom. The zero-order chi connectivity index (χ0) is 15.1. The second-order valence-electron chi connectivity index (χ2n) is 3.99. The molecule has 21 heavy (non-hydrogen) atoms. The summed E-state index contributed by atoms with van der Waals surface area (Å²) in [5, 5.41) is 17.9. The van der Waals surface area contributed by atoms with Gasteiger partial charge in [-0.25, -0.2) is 9.37 Å². The van der Waals surface area contributed by atoms with Crippen molar-refractivity contribution < 1.29 is 9.18 Å². The van der Waals surface area contributed by atoms with Crippen molar-refractivity contribution in [3.05, 3.63) is 30.1 Å². The molecule has 1 amide bonds. The van der Waals surface area contributed by atoms with Gasteiger partial charge in [0.15, 0.2) is 5.82 Å². The number of aromatic amines is 1. The molecule has 0 atom stereocenters. The smallest absolute Gasteiger partial charge is 0.230 e. The fourth-order valence-electron chi connectivity index (χ4n) is 1.52. The number of nitrogens with zero attached hydrogens (tertiary/aromatic N) is 3. The molecule has 0 unspecified atom stereocenters. The van der Waals surface area contributed by atoms with E-state index in [-0.39, 0.29) is 23.9 Å². The average molecular weight is 305 g/mol. The highest BCUT2D eigenvalue weighted by atomic mass is 32.2. The van der Waals surface area contributed by atoms with E-state index in [4.69, 9.17) is 5.26 Å². The molecule has 2 rings (SSSR count). The quantitative estimate of drug-likeness (QED) is 0.626. The van der Waals surface area contributed by atoms with Crippen molar-refractivity contribution >= 4 is 17.7 Å². The van der Waals surface area contributed by atoms with Crippen molar-refractivity contribution in [3.63, 3.8) is 0 Å². The summed E-state index contributed by atoms with van der Waals surface area (Å²) in [5.41, 5.74) is 0.329. The third-order valence-corrected chi connectivity index (χ3v) is 3.33. The van der Waals surface area contributed by atoms with Crippen molar-refractivity contribution in [2.24, 2.45) is 0 Å². The van der Waals surface area contributed by atoms with Crippen molar-refractivity contribution in [2.45, 2.75) is 11.6 Å². The van der Waals surface area contributed by atoms with Gasteiger partial charge in [-0.05, 0) is 12.1 Å². The normalized spacial score (nSPS) is 10.1. The highest BCUT2D eigenvalue weighted by molar-refractivity contribution is 7.99. The van der Waals surface area contributed by atoms with Crippen LogP contribution < -0.4 is 5.32 Å². The minimum atomic E-state index is -0.389. The Morgan fingerprint density at radius 2 is 2.29 bits per heavy atom. The molecule has 108 valence electrons. The molecule has 0 bridgehead atoms. The molecule has 2 aromatic rings. The van der Waals surface area contributed by atoms with Gasteiger partial charge >= 0.3 is 0 Å². The third kappa shape index (κ3) is 4.29. The number of carbonyl (C=O) groups excluding carboxylic acids is 1. The lowest BCUT2D eigenvalue weighted by Crippen LogP contribution is -2.25. The molecule has 1 aromatic heterocycles. The Kier molecular flexibility index (Phi) is 5.29. The predicted molar refractivity (Wildman–Crippen MR) is 75.7 cm³/mol. The van der Waals surface area contributed by atoms with E-state index in [0.717, 1.165) is 11.8 Å². The Labute approximate surface area is 124 Å². The number of H-pyrrole nitrogens is 1. The Morgan fingerprint density at radius 3 is 3.05 bits per heavy atom. The number of hydrogen-bond donors (Lipinski definition) is 2. The van der Waals surface area contributed by atoms with Crippen LogP contribution in [-0.4, -0.2) is 33.4 Å². The fraction of sp³-hybridized carbons (Fsp3) is 0.231. The van der Waals surface area contributed by atoms with Gasteiger partial charge in [0, 0.05) is 6.54 Å². The minimum Gasteiger partial charge on any atom is -0.354 e. The lowest BCUT2D eigenvalue weighted by Gasteiger charge is -1.99. The van der Waals surface area contributed by atoms with Crippen LogP contribution in [0.4, 0.5) is 4.39 Å². The van der Waals surface area contributed by atoms with Gasteiger partial charge in [-0.3, -0.25) is 9.89 Å². The lowest BCUT2D eigenvalue weighted by molar-refractivity contribution is -0.118. The Bertz CT molecular complexity index is 667. The number of aromatic nitrogens is 3. The Hall–Kier alpha value is -2.40. The van der Waals surface area contributed by atoms with Gasteiger partial charge in [0.05, 0.1) is 23.8 Å². The number of rotatable bonds is 6. The summed E-state index contributed by atoms with van der Waals surface area (Å²) in [7, 11) is 0. The first-order valence-electron chi connectivity index (χ1n) is 6.14. The molecule has 2 N–H and O–H groups in total. The van der Waals surface area contributed by atoms with Crippen LogP contribution in [0.1, 0.15) is 6.42 Å². The molecule has 0 fully saturated rings. The van der Waals surface area contributed by atoms with Crippen LogP contribution in [0.15, 0.2) is 29.4 Å². The van der Waals surface area contributed by atoms with Gasteiger partial charge < -0.3 is 5.32 Å². The van der Waals surface area contributed by atoms with E-state index in [2.05, 4.69) is 20.5 Å². The number of halogens is 1. The van der Waals surface area contributed by atoms with E-state index < -0.39 is 0 Å². The van der Waals surface area contributed by atoms with E-state index in [1.54, 1.807) is 18.2 Å². The first-order chi connectivity index (χ1) is 10.2. The lowest BCUT2D eigenvalue weighted by atomic mass is 10.2. The monoisotopic (exact) mass is 305 g/mol. The SMILES string of the molecule is N#CCCNC(=O)CSc1n[nH]c(-c2ccccc2F)n1. The molecule has 8 heteroatoms. The molecule has 1 aromatic carbocycles. The molecule has 1 heterocycles. The second-order valence-corrected chi connectivity index (χ2v) is 4.94. The van der Waals surface area contributed by atoms with Crippen LogP contribution in [-0.2, 0) is 4.79 Å². The van der Waals surface area contributed by atoms with E-state index >= 15 is 0 Å². The van der Waals surface area contributed by atoms with Gasteiger partial charge in [0.2, 0.25) is 11.1 Å². The van der Waals surface area contributed by atoms with Crippen LogP contribution >= 0.6 is 11.8 Å². The largest absolute Gasteiger partial charge is 0.354 e. The number of nitrogens with one attached hydrogen (secondary N) is 2. The van der Waals surface area contributed by atoms with Gasteiger partial charge in [-0.15, -0.1) is 5.10 Å². The van der Waals surface area contributed by atoms with Gasteiger partial charge in [0.1, 0.15) is 5.82 Å². The highest BCUT2D eigenvalue weighted by Crippen LogP contribution is 2.21. The zero-order valence-electron chi connectivity index (χ0n) is 11.0. The minimum absolute atomic E-state index is 0.139. The van der Waals surface area contributed by atoms with Gasteiger partial charge in [0.25, 0.3) is 0 Å². The van der Waals surface area contributed by atoms with Gasteiger partial charge in [-0.2, -0.15) is 5.26 Å². The summed E-state index contributed by atoms with van der Waals surface area (Å²) in [6.45, 7) is 0.324. The maximum atomic E-state index is 13.6. The highest BCUT2D eigenvalue weighted by Gasteiger charge is 2.11. The molecule has 0 saturated carbocycles. The first-order valence-corrected chi connectivity index (χ1v) is 7.13. The number of benzene rings is 1. The summed E-state index contributed by atoms with van der Waals surface area (Å²) < 4.78 is 13.6. The van der Waals surface area contributed by atoms with Crippen LogP contribution in [0, 0.1) is 17.1 Å². The van der Waals surface area contributed by atoms with Crippen LogP contribution in [0.25, 0.3) is 11.4 Å². The molecular formula is C13H12FN5OS. The average Bonchev–Trinajstić information content (AvgIpc) is 2.94. The second kappa shape index (κ2) is 7.40. The van der Waals surface area contributed by atoms with E-state index in [0.29, 0.717) is 23.1 Å². The zero-order valence-corrected chi connectivity index (χ0v) is 11.8. The number of amides is 1. The fourth-order valence-corrected chi connectivity index (χ4v) is 2.15. The number of hydrogen-bond acceptors (Lipinski definition) is 5. The van der Waals surface area contributed by atoms with Crippen molar-refractivity contribution in [1.82, 2.24) is 20.5 Å². The molecule has 0 saturated heterocycles. The summed E-state index contributed by atoms with van der Waals surface area (Å²) in [6, 6.07) is 8.17. The van der Waals surface area contributed by atoms with Crippen LogP contribution in [0.5, 0.6) is 0 Å². The summed E-state index contributed by atoms with van der Waals surface area (Å²) >= 11 is 1.14. The van der Waals surface area contributed by atoms with E-state index in [1.165, 1.54) is 6.07 Å². The standard InChI is InChI=1S/C13H12FN5OS/c14-10-5-2-1-4-9(10)12-17-13(19-18-12)21-8-11(20)16-7-3-6-15/h1-2,4-5H,3,7-8H2,(H,16,20)(H,17,18,19). The first kappa shape index (κ1) is 15.0. The summed E-state index contributed by atoms with van der Waals surface area (Å²) in [4.78, 5) is 15.6. The predicted octanol–water partition coefficient (Wildman–Crippen LogP) is 1.73. The van der Waals surface area contributed by atoms with Crippen molar-refractivity contribution in [1.29, 1.82) is 5.26 Å². The van der Waals surface area contributed by atoms with Crippen molar-refractivity contribution in [3.8, 4) is 17.5 Å². The number of thioether (sulfide) groups is 1. The van der Waals surface area contributed by atoms with Crippen molar-refractivity contribution in [2.75, 3.05) is 12.3 Å². The number of nitriles is 1. The molecular weight excluding hydrogens is 293 g/mol. The molecule has 0 aliphatic rings. The maximum Gasteiger partial charge on any atom is 0.230 e. The maximum absolute atomic E-state index is 13.6. The molecule has 0 radical (unpaired) electrons. The Balaban J connectivity index is 1.91. The molecule has 6 nitrogen and oxygen atoms in total. The van der Waals surface area contributed by atoms with E-state index in [1.807, 2.05) is 6.07 Å².